The van der Waals surface area contributed by atoms with E-state index in [0.717, 1.165) is 37.8 Å². The molecule has 2 N–H and O–H groups in total. The summed E-state index contributed by atoms with van der Waals surface area (Å²) in [4.78, 5) is 29.1. The summed E-state index contributed by atoms with van der Waals surface area (Å²) in [5.41, 5.74) is -0.527. The maximum atomic E-state index is 14.9. The summed E-state index contributed by atoms with van der Waals surface area (Å²) in [5, 5.41) is 3.36. The first kappa shape index (κ1) is 30.6. The number of alkyl halides is 3. The van der Waals surface area contributed by atoms with Crippen LogP contribution in [0.4, 0.5) is 29.2 Å². The molecule has 0 spiro atoms. The van der Waals surface area contributed by atoms with Gasteiger partial charge in [0.05, 0.1) is 24.1 Å². The predicted molar refractivity (Wildman–Crippen MR) is 149 cm³/mol. The number of rotatable bonds is 9. The van der Waals surface area contributed by atoms with Gasteiger partial charge in [0.1, 0.15) is 17.0 Å². The molecular weight excluding hydrogens is 566 g/mol. The Hall–Kier alpha value is -3.33. The lowest BCUT2D eigenvalue weighted by molar-refractivity contribution is -0.129. The number of hydrogen-bond donors (Lipinski definition) is 2. The molecule has 1 aliphatic carbocycles. The summed E-state index contributed by atoms with van der Waals surface area (Å²) >= 11 is 0. The van der Waals surface area contributed by atoms with Crippen LogP contribution in [0.25, 0.3) is 22.4 Å². The van der Waals surface area contributed by atoms with Crippen LogP contribution in [0.15, 0.2) is 29.2 Å². The Morgan fingerprint density at radius 2 is 1.80 bits per heavy atom. The Kier molecular flexibility index (Phi) is 8.87. The highest BCUT2D eigenvalue weighted by Gasteiger charge is 2.30. The van der Waals surface area contributed by atoms with E-state index in [2.05, 4.69) is 39.3 Å². The first-order valence-electron chi connectivity index (χ1n) is 13.2. The summed E-state index contributed by atoms with van der Waals surface area (Å²) in [6.07, 6.45) is -0.765. The van der Waals surface area contributed by atoms with Gasteiger partial charge in [-0.1, -0.05) is 6.07 Å². The van der Waals surface area contributed by atoms with Crippen molar-refractivity contribution in [3.05, 3.63) is 40.6 Å². The minimum absolute atomic E-state index is 0.0573. The van der Waals surface area contributed by atoms with E-state index in [4.69, 9.17) is 0 Å². The van der Waals surface area contributed by atoms with E-state index in [1.165, 1.54) is 16.8 Å². The highest BCUT2D eigenvalue weighted by atomic mass is 32.2. The van der Waals surface area contributed by atoms with E-state index in [1.54, 1.807) is 13.8 Å². The number of fused-ring (bicyclic) bond motifs is 1. The maximum Gasteiger partial charge on any atom is 0.390 e. The van der Waals surface area contributed by atoms with Gasteiger partial charge in [-0.15, -0.1) is 0 Å². The van der Waals surface area contributed by atoms with Crippen LogP contribution in [0.5, 0.6) is 0 Å². The van der Waals surface area contributed by atoms with E-state index in [-0.39, 0.29) is 23.3 Å². The van der Waals surface area contributed by atoms with Crippen molar-refractivity contribution < 1.29 is 26.0 Å². The molecule has 41 heavy (non-hydrogen) atoms. The molecule has 0 aliphatic heterocycles. The van der Waals surface area contributed by atoms with Gasteiger partial charge >= 0.3 is 6.18 Å². The molecule has 2 aromatic heterocycles. The lowest BCUT2D eigenvalue weighted by Gasteiger charge is -2.32. The largest absolute Gasteiger partial charge is 0.390 e. The quantitative estimate of drug-likeness (QED) is 0.344. The van der Waals surface area contributed by atoms with Crippen molar-refractivity contribution in [3.8, 4) is 11.3 Å². The first-order valence-corrected chi connectivity index (χ1v) is 14.9. The number of anilines is 2. The summed E-state index contributed by atoms with van der Waals surface area (Å²) in [6.45, 7) is 3.59. The fraction of sp³-hybridized carbons (Fsp3) is 0.538. The standard InChI is InChI=1S/C26H33F4N7O3S/c1-15(2)37-23-21(14-31-25(34-23)32-17-6-8-18(9-7-17)36(3)4)33-22(24(37)38)16-5-10-20(19(27)13-16)35-41(39,40)12-11-26(28,29)30/h5,10,13-15,17-18,35H,6-9,11-12H2,1-4H3,(H,31,32,34). The molecule has 1 aromatic carbocycles. The second-order valence-electron chi connectivity index (χ2n) is 10.7. The topological polar surface area (TPSA) is 122 Å². The van der Waals surface area contributed by atoms with Crippen molar-refractivity contribution >= 4 is 32.8 Å². The highest BCUT2D eigenvalue weighted by molar-refractivity contribution is 7.92. The van der Waals surface area contributed by atoms with Gasteiger partial charge in [0.2, 0.25) is 16.0 Å². The van der Waals surface area contributed by atoms with Gasteiger partial charge in [0.15, 0.2) is 5.65 Å². The van der Waals surface area contributed by atoms with Crippen LogP contribution < -0.4 is 15.6 Å². The molecule has 0 unspecified atom stereocenters. The number of sulfonamides is 1. The Labute approximate surface area is 235 Å². The zero-order valence-electron chi connectivity index (χ0n) is 23.2. The lowest BCUT2D eigenvalue weighted by atomic mass is 9.91. The molecule has 2 heterocycles. The molecule has 4 rings (SSSR count). The number of halogens is 4. The van der Waals surface area contributed by atoms with Crippen molar-refractivity contribution in [1.82, 2.24) is 24.4 Å². The third-order valence-corrected chi connectivity index (χ3v) is 8.34. The molecule has 15 heteroatoms. The minimum atomic E-state index is -4.68. The average Bonchev–Trinajstić information content (AvgIpc) is 2.88. The zero-order chi connectivity index (χ0) is 30.1. The third kappa shape index (κ3) is 7.50. The van der Waals surface area contributed by atoms with Crippen molar-refractivity contribution in [3.63, 3.8) is 0 Å². The van der Waals surface area contributed by atoms with E-state index >= 15 is 0 Å². The normalized spacial score (nSPS) is 18.3. The molecule has 0 bridgehead atoms. The van der Waals surface area contributed by atoms with Crippen LogP contribution in [0.1, 0.15) is 52.0 Å². The molecule has 0 amide bonds. The third-order valence-electron chi connectivity index (χ3n) is 7.07. The first-order chi connectivity index (χ1) is 19.1. The van der Waals surface area contributed by atoms with Gasteiger partial charge in [-0.2, -0.15) is 18.2 Å². The van der Waals surface area contributed by atoms with E-state index in [1.807, 2.05) is 4.72 Å². The highest BCUT2D eigenvalue weighted by Crippen LogP contribution is 2.27. The lowest BCUT2D eigenvalue weighted by Crippen LogP contribution is -2.36. The van der Waals surface area contributed by atoms with Crippen molar-refractivity contribution in [1.29, 1.82) is 0 Å². The number of hydrogen-bond acceptors (Lipinski definition) is 8. The summed E-state index contributed by atoms with van der Waals surface area (Å²) < 4.78 is 79.4. The second-order valence-corrected chi connectivity index (χ2v) is 12.6. The smallest absolute Gasteiger partial charge is 0.351 e. The maximum absolute atomic E-state index is 14.9. The van der Waals surface area contributed by atoms with Crippen LogP contribution in [0.2, 0.25) is 0 Å². The van der Waals surface area contributed by atoms with E-state index in [9.17, 15) is 30.8 Å². The molecule has 0 saturated heterocycles. The molecule has 0 atom stereocenters. The van der Waals surface area contributed by atoms with Crippen molar-refractivity contribution in [2.45, 2.75) is 70.3 Å². The van der Waals surface area contributed by atoms with Crippen LogP contribution in [0.3, 0.4) is 0 Å². The monoisotopic (exact) mass is 599 g/mol. The van der Waals surface area contributed by atoms with Crippen LogP contribution in [0, 0.1) is 5.82 Å². The number of benzene rings is 1. The molecule has 1 saturated carbocycles. The molecule has 1 aliphatic rings. The molecule has 1 fully saturated rings. The molecule has 0 radical (unpaired) electrons. The zero-order valence-corrected chi connectivity index (χ0v) is 24.0. The van der Waals surface area contributed by atoms with Gasteiger partial charge < -0.3 is 10.2 Å². The summed E-state index contributed by atoms with van der Waals surface area (Å²) in [6, 6.07) is 3.61. The van der Waals surface area contributed by atoms with Crippen LogP contribution in [-0.4, -0.2) is 70.9 Å². The SMILES string of the molecule is CC(C)n1c(=O)c(-c2ccc(NS(=O)(=O)CCC(F)(F)F)c(F)c2)nc2cnc(NC3CCC(N(C)C)CC3)nc21. The Balaban J connectivity index is 1.61. The number of nitrogens with one attached hydrogen (secondary N) is 2. The van der Waals surface area contributed by atoms with Gasteiger partial charge in [0.25, 0.3) is 5.56 Å². The fourth-order valence-electron chi connectivity index (χ4n) is 4.87. The Morgan fingerprint density at radius 3 is 2.39 bits per heavy atom. The fourth-order valence-corrected chi connectivity index (χ4v) is 5.97. The van der Waals surface area contributed by atoms with Crippen LogP contribution in [-0.2, 0) is 10.0 Å². The van der Waals surface area contributed by atoms with Gasteiger partial charge in [-0.25, -0.2) is 22.8 Å². The van der Waals surface area contributed by atoms with Crippen molar-refractivity contribution in [2.24, 2.45) is 0 Å². The van der Waals surface area contributed by atoms with Gasteiger partial charge in [-0.3, -0.25) is 14.1 Å². The Morgan fingerprint density at radius 1 is 1.12 bits per heavy atom. The van der Waals surface area contributed by atoms with Gasteiger partial charge in [0, 0.05) is 23.7 Å². The molecule has 10 nitrogen and oxygen atoms in total. The summed E-state index contributed by atoms with van der Waals surface area (Å²) in [5.74, 6) is -1.95. The molecule has 3 aromatic rings. The summed E-state index contributed by atoms with van der Waals surface area (Å²) in [7, 11) is -0.313. The van der Waals surface area contributed by atoms with E-state index in [0.29, 0.717) is 23.2 Å². The van der Waals surface area contributed by atoms with Crippen LogP contribution >= 0.6 is 0 Å². The van der Waals surface area contributed by atoms with Crippen molar-refractivity contribution in [2.75, 3.05) is 29.9 Å². The minimum Gasteiger partial charge on any atom is -0.351 e. The molecular formula is C26H33F4N7O3S. The number of nitrogens with zero attached hydrogens (tertiary/aromatic N) is 5. The second kappa shape index (κ2) is 11.9. The average molecular weight is 600 g/mol. The number of aromatic nitrogens is 4. The Bertz CT molecular complexity index is 1570. The van der Waals surface area contributed by atoms with Gasteiger partial charge in [-0.05, 0) is 65.8 Å². The van der Waals surface area contributed by atoms with E-state index < -0.39 is 45.4 Å². The predicted octanol–water partition coefficient (Wildman–Crippen LogP) is 4.55. The molecule has 224 valence electrons.